The Balaban J connectivity index is -0.0000000929. The van der Waals surface area contributed by atoms with E-state index >= 15 is 0 Å². The first-order chi connectivity index (χ1) is 10.5. The summed E-state index contributed by atoms with van der Waals surface area (Å²) in [5.74, 6) is 0. The summed E-state index contributed by atoms with van der Waals surface area (Å²) < 4.78 is 0. The molecule has 0 saturated heterocycles. The molecule has 0 fully saturated rings. The number of imidazole rings is 3. The Labute approximate surface area is 141 Å². The average molecular weight is 477 g/mol. The number of nitrogens with one attached hydrogen (secondary N) is 3. The number of H-pyrrole nitrogens is 3. The summed E-state index contributed by atoms with van der Waals surface area (Å²) in [6.07, 6.45) is 15.2. The van der Waals surface area contributed by atoms with E-state index < -0.39 is 0 Å². The van der Waals surface area contributed by atoms with Crippen LogP contribution >= 0.6 is 0 Å². The molecule has 0 saturated carbocycles. The van der Waals surface area contributed by atoms with Crippen LogP contribution in [0.2, 0.25) is 0 Å². The number of aromatic amines is 3. The Morgan fingerprint density at radius 2 is 0.773 bits per heavy atom. The Morgan fingerprint density at radius 1 is 0.545 bits per heavy atom. The Bertz CT molecular complexity index is 303. The monoisotopic (exact) mass is 478 g/mol. The molecule has 10 heteroatoms. The minimum absolute atomic E-state index is 0. The third kappa shape index (κ3) is 30.4. The van der Waals surface area contributed by atoms with Crippen LogP contribution in [0.25, 0.3) is 0 Å². The molecule has 9 nitrogen and oxygen atoms in total. The molecule has 0 bridgehead atoms. The molecule has 0 unspecified atom stereocenters. The van der Waals surface area contributed by atoms with Gasteiger partial charge in [-0.25, -0.2) is 15.0 Å². The average Bonchev–Trinajstić information content (AvgIpc) is 3.41. The van der Waals surface area contributed by atoms with Crippen LogP contribution in [0.4, 0.5) is 0 Å². The zero-order chi connectivity index (χ0) is 16.6. The largest absolute Gasteiger partial charge is 0.545 e. The molecule has 3 N–H and O–H groups in total. The molecule has 1 radical (unpaired) electrons. The normalized spacial score (nSPS) is 6.00. The van der Waals surface area contributed by atoms with Gasteiger partial charge in [-0.05, 0) is 0 Å². The van der Waals surface area contributed by atoms with Crippen LogP contribution in [0.3, 0.4) is 0 Å². The molecule has 121 valence electrons. The van der Waals surface area contributed by atoms with Crippen LogP contribution < -0.4 is 0 Å². The molecule has 3 heterocycles. The number of hydrogen-bond donors (Lipinski definition) is 3. The van der Waals surface area contributed by atoms with E-state index in [-0.39, 0.29) is 20.4 Å². The maximum atomic E-state index is 7.75. The summed E-state index contributed by atoms with van der Waals surface area (Å²) in [6.45, 7) is 9.75. The molecule has 0 aliphatic heterocycles. The molecule has 22 heavy (non-hydrogen) atoms. The van der Waals surface area contributed by atoms with E-state index in [0.29, 0.717) is 0 Å². The van der Waals surface area contributed by atoms with E-state index in [9.17, 15) is 0 Å². The van der Waals surface area contributed by atoms with Crippen molar-refractivity contribution in [2.75, 3.05) is 0 Å². The van der Waals surface area contributed by atoms with Gasteiger partial charge in [0.25, 0.3) is 0 Å². The fourth-order valence-electron chi connectivity index (χ4n) is 0.645. The summed E-state index contributed by atoms with van der Waals surface area (Å²) in [4.78, 5) is 42.5. The predicted octanol–water partition coefficient (Wildman–Crippen LogP) is 0.404. The number of hydrogen-bond acceptors (Lipinski definition) is 6. The smallest absolute Gasteiger partial charge is 0.0919 e. The van der Waals surface area contributed by atoms with Crippen molar-refractivity contribution in [3.05, 3.63) is 56.2 Å². The van der Waals surface area contributed by atoms with Crippen molar-refractivity contribution in [3.63, 3.8) is 0 Å². The number of carbonyl (C=O) groups excluding carboxylic acids is 3. The predicted molar refractivity (Wildman–Crippen MR) is 76.0 cm³/mol. The SMILES string of the molecule is [CH-]=O.[CH-]=O.[CH-]=O.[Re].c1c[nH]cn1.c1c[nH]cn1.c1c[nH]cn1. The van der Waals surface area contributed by atoms with Gasteiger partial charge in [0.2, 0.25) is 0 Å². The van der Waals surface area contributed by atoms with Crippen LogP contribution in [-0.4, -0.2) is 50.3 Å². The summed E-state index contributed by atoms with van der Waals surface area (Å²) in [5.41, 5.74) is 0. The van der Waals surface area contributed by atoms with Gasteiger partial charge in [0.1, 0.15) is 0 Å². The molecule has 3 aromatic heterocycles. The molecule has 0 aliphatic rings. The first kappa shape index (κ1) is 27.6. The summed E-state index contributed by atoms with van der Waals surface area (Å²) in [7, 11) is 0. The van der Waals surface area contributed by atoms with Crippen LogP contribution in [0.15, 0.2) is 56.2 Å². The van der Waals surface area contributed by atoms with Crippen molar-refractivity contribution in [3.8, 4) is 0 Å². The minimum atomic E-state index is 0. The minimum Gasteiger partial charge on any atom is -0.545 e. The van der Waals surface area contributed by atoms with Gasteiger partial charge in [-0.15, -0.1) is 0 Å². The van der Waals surface area contributed by atoms with E-state index in [4.69, 9.17) is 14.4 Å². The second kappa shape index (κ2) is 36.2. The number of nitrogens with zero attached hydrogens (tertiary/aromatic N) is 3. The zero-order valence-corrected chi connectivity index (χ0v) is 14.1. The summed E-state index contributed by atoms with van der Waals surface area (Å²) >= 11 is 0. The first-order valence-electron chi connectivity index (χ1n) is 4.99. The zero-order valence-electron chi connectivity index (χ0n) is 11.4. The molecule has 0 aromatic carbocycles. The Hall–Kier alpha value is -2.70. The molecular formula is C12H15N6O3Re-3. The van der Waals surface area contributed by atoms with Gasteiger partial charge in [0.05, 0.1) is 19.0 Å². The van der Waals surface area contributed by atoms with E-state index in [1.807, 2.05) is 0 Å². The number of rotatable bonds is 0. The van der Waals surface area contributed by atoms with E-state index in [2.05, 4.69) is 50.3 Å². The van der Waals surface area contributed by atoms with Gasteiger partial charge < -0.3 is 29.3 Å². The second-order valence-corrected chi connectivity index (χ2v) is 2.28. The van der Waals surface area contributed by atoms with Crippen LogP contribution in [-0.2, 0) is 34.8 Å². The topological polar surface area (TPSA) is 137 Å². The van der Waals surface area contributed by atoms with Gasteiger partial charge in [-0.3, -0.25) is 20.4 Å². The summed E-state index contributed by atoms with van der Waals surface area (Å²) in [5, 5.41) is 0. The molecular weight excluding hydrogens is 462 g/mol. The molecule has 0 atom stereocenters. The van der Waals surface area contributed by atoms with Crippen LogP contribution in [0.1, 0.15) is 0 Å². The third-order valence-corrected chi connectivity index (χ3v) is 1.22. The Morgan fingerprint density at radius 3 is 0.818 bits per heavy atom. The third-order valence-electron chi connectivity index (χ3n) is 1.22. The van der Waals surface area contributed by atoms with Crippen molar-refractivity contribution in [2.45, 2.75) is 0 Å². The van der Waals surface area contributed by atoms with Crippen molar-refractivity contribution < 1.29 is 34.8 Å². The maximum Gasteiger partial charge on any atom is 0.0919 e. The van der Waals surface area contributed by atoms with Gasteiger partial charge in [0.15, 0.2) is 0 Å². The van der Waals surface area contributed by atoms with Crippen molar-refractivity contribution in [1.82, 2.24) is 29.9 Å². The molecule has 0 spiro atoms. The number of aromatic nitrogens is 6. The molecule has 3 rings (SSSR count). The van der Waals surface area contributed by atoms with Crippen LogP contribution in [0.5, 0.6) is 0 Å². The molecule has 0 aliphatic carbocycles. The van der Waals surface area contributed by atoms with Gasteiger partial charge in [-0.1, -0.05) is 0 Å². The van der Waals surface area contributed by atoms with Crippen LogP contribution in [0, 0.1) is 0 Å². The van der Waals surface area contributed by atoms with Crippen molar-refractivity contribution >= 4 is 20.4 Å². The van der Waals surface area contributed by atoms with Crippen molar-refractivity contribution in [1.29, 1.82) is 0 Å². The Kier molecular flexibility index (Phi) is 45.4. The first-order valence-corrected chi connectivity index (χ1v) is 4.99. The van der Waals surface area contributed by atoms with E-state index in [1.165, 1.54) is 0 Å². The summed E-state index contributed by atoms with van der Waals surface area (Å²) in [6, 6.07) is 0. The standard InChI is InChI=1S/3C3H4N2.3CHO.Re/c3*1-2-5-3-4-1;3*1-2;/h3*1-3H,(H,4,5);3*1H;/q;;;3*-1;. The fraction of sp³-hybridized carbons (Fsp3) is 0. The maximum absolute atomic E-state index is 7.75. The van der Waals surface area contributed by atoms with Gasteiger partial charge in [-0.2, -0.15) is 0 Å². The van der Waals surface area contributed by atoms with Gasteiger partial charge in [0, 0.05) is 57.6 Å². The fourth-order valence-corrected chi connectivity index (χ4v) is 0.645. The second-order valence-electron chi connectivity index (χ2n) is 2.28. The quantitative estimate of drug-likeness (QED) is 0.317. The molecule has 3 aromatic rings. The van der Waals surface area contributed by atoms with E-state index in [0.717, 1.165) is 0 Å². The van der Waals surface area contributed by atoms with Gasteiger partial charge >= 0.3 is 0 Å². The van der Waals surface area contributed by atoms with E-state index in [1.54, 1.807) is 56.2 Å². The molecule has 0 amide bonds. The van der Waals surface area contributed by atoms with Crippen molar-refractivity contribution in [2.24, 2.45) is 0 Å².